The van der Waals surface area contributed by atoms with Gasteiger partial charge in [-0.05, 0) is 48.0 Å². The number of halogens is 3. The Morgan fingerprint density at radius 2 is 1.86 bits per heavy atom. The van der Waals surface area contributed by atoms with E-state index in [4.69, 9.17) is 23.2 Å². The molecule has 3 aromatic carbocycles. The van der Waals surface area contributed by atoms with Gasteiger partial charge in [-0.25, -0.2) is 22.6 Å². The third-order valence-corrected chi connectivity index (χ3v) is 7.23. The molecule has 0 aliphatic carbocycles. The van der Waals surface area contributed by atoms with Crippen molar-refractivity contribution in [3.8, 4) is 11.3 Å². The van der Waals surface area contributed by atoms with Crippen LogP contribution in [0, 0.1) is 5.82 Å². The van der Waals surface area contributed by atoms with Crippen LogP contribution in [0.1, 0.15) is 11.1 Å². The van der Waals surface area contributed by atoms with E-state index >= 15 is 0 Å². The van der Waals surface area contributed by atoms with Crippen LogP contribution in [0.4, 0.5) is 4.39 Å². The molecule has 0 saturated carbocycles. The van der Waals surface area contributed by atoms with E-state index in [-0.39, 0.29) is 26.9 Å². The van der Waals surface area contributed by atoms with E-state index in [1.165, 1.54) is 36.5 Å². The summed E-state index contributed by atoms with van der Waals surface area (Å²) in [6.07, 6.45) is 2.49. The number of fused-ring (bicyclic) bond motifs is 1. The van der Waals surface area contributed by atoms with Crippen molar-refractivity contribution in [3.05, 3.63) is 93.7 Å². The van der Waals surface area contributed by atoms with Crippen molar-refractivity contribution in [2.75, 3.05) is 6.26 Å². The number of carboxylic acids is 1. The molecule has 0 aliphatic rings. The van der Waals surface area contributed by atoms with Gasteiger partial charge in [-0.3, -0.25) is 4.99 Å². The third kappa shape index (κ3) is 5.73. The Kier molecular flexibility index (Phi) is 7.40. The second-order valence-corrected chi connectivity index (χ2v) is 10.9. The number of aromatic nitrogens is 1. The average molecular weight is 545 g/mol. The first kappa shape index (κ1) is 25.8. The first-order valence-corrected chi connectivity index (χ1v) is 13.3. The topological polar surface area (TPSA) is 96.7 Å². The lowest BCUT2D eigenvalue weighted by Crippen LogP contribution is -2.21. The maximum atomic E-state index is 14.3. The van der Waals surface area contributed by atoms with Crippen molar-refractivity contribution in [1.82, 2.24) is 4.98 Å². The molecule has 36 heavy (non-hydrogen) atoms. The van der Waals surface area contributed by atoms with Crippen LogP contribution < -0.4 is 0 Å². The highest BCUT2D eigenvalue weighted by molar-refractivity contribution is 7.90. The molecule has 1 N–H and O–H groups in total. The number of rotatable bonds is 7. The van der Waals surface area contributed by atoms with E-state index in [0.29, 0.717) is 22.3 Å². The molecular formula is C26H19Cl2FN2O4S. The molecule has 1 atom stereocenters. The Hall–Kier alpha value is -3.33. The van der Waals surface area contributed by atoms with Crippen molar-refractivity contribution in [2.45, 2.75) is 17.4 Å². The van der Waals surface area contributed by atoms with Gasteiger partial charge in [0.25, 0.3) is 0 Å². The van der Waals surface area contributed by atoms with Crippen LogP contribution in [0.3, 0.4) is 0 Å². The van der Waals surface area contributed by atoms with Gasteiger partial charge < -0.3 is 5.11 Å². The summed E-state index contributed by atoms with van der Waals surface area (Å²) in [5, 5.41) is 10.8. The second kappa shape index (κ2) is 10.3. The molecule has 4 aromatic rings. The van der Waals surface area contributed by atoms with Gasteiger partial charge in [0.05, 0.1) is 31.7 Å². The van der Waals surface area contributed by atoms with Crippen molar-refractivity contribution >= 4 is 56.1 Å². The molecule has 184 valence electrons. The summed E-state index contributed by atoms with van der Waals surface area (Å²) < 4.78 is 37.6. The Morgan fingerprint density at radius 1 is 1.08 bits per heavy atom. The van der Waals surface area contributed by atoms with E-state index in [1.54, 1.807) is 36.4 Å². The molecule has 6 nitrogen and oxygen atoms in total. The minimum absolute atomic E-state index is 0.0599. The number of benzene rings is 3. The lowest BCUT2D eigenvalue weighted by molar-refractivity contribution is -0.138. The van der Waals surface area contributed by atoms with Gasteiger partial charge in [0.2, 0.25) is 0 Å². The summed E-state index contributed by atoms with van der Waals surface area (Å²) in [4.78, 5) is 20.6. The van der Waals surface area contributed by atoms with Crippen molar-refractivity contribution in [1.29, 1.82) is 0 Å². The number of pyridine rings is 1. The molecule has 0 fully saturated rings. The molecular weight excluding hydrogens is 526 g/mol. The fourth-order valence-corrected chi connectivity index (χ4v) is 4.83. The fourth-order valence-electron chi connectivity index (χ4n) is 3.62. The highest BCUT2D eigenvalue weighted by Crippen LogP contribution is 2.30. The maximum Gasteiger partial charge on any atom is 0.328 e. The zero-order chi connectivity index (χ0) is 26.0. The highest BCUT2D eigenvalue weighted by Gasteiger charge is 2.18. The second-order valence-electron chi connectivity index (χ2n) is 8.11. The van der Waals surface area contributed by atoms with Gasteiger partial charge in [0.15, 0.2) is 15.9 Å². The van der Waals surface area contributed by atoms with E-state index in [0.717, 1.165) is 11.6 Å². The van der Waals surface area contributed by atoms with E-state index < -0.39 is 27.7 Å². The minimum atomic E-state index is -3.42. The zero-order valence-electron chi connectivity index (χ0n) is 18.8. The lowest BCUT2D eigenvalue weighted by Gasteiger charge is -2.10. The molecule has 1 heterocycles. The molecule has 0 amide bonds. The van der Waals surface area contributed by atoms with Crippen LogP contribution in [0.25, 0.3) is 22.2 Å². The molecule has 0 spiro atoms. The molecule has 0 unspecified atom stereocenters. The number of hydrogen-bond donors (Lipinski definition) is 1. The smallest absolute Gasteiger partial charge is 0.328 e. The summed E-state index contributed by atoms with van der Waals surface area (Å²) in [6.45, 7) is 0. The summed E-state index contributed by atoms with van der Waals surface area (Å²) in [5.74, 6) is -1.60. The molecule has 10 heteroatoms. The van der Waals surface area contributed by atoms with Crippen molar-refractivity contribution in [3.63, 3.8) is 0 Å². The van der Waals surface area contributed by atoms with Crippen LogP contribution in [-0.4, -0.2) is 43.0 Å². The van der Waals surface area contributed by atoms with Gasteiger partial charge in [0.1, 0.15) is 5.82 Å². The van der Waals surface area contributed by atoms with Gasteiger partial charge in [-0.1, -0.05) is 47.5 Å². The van der Waals surface area contributed by atoms with Crippen LogP contribution >= 0.6 is 23.2 Å². The summed E-state index contributed by atoms with van der Waals surface area (Å²) >= 11 is 12.3. The van der Waals surface area contributed by atoms with E-state index in [2.05, 4.69) is 9.98 Å². The quantitative estimate of drug-likeness (QED) is 0.293. The van der Waals surface area contributed by atoms with Gasteiger partial charge in [-0.2, -0.15) is 0 Å². The number of carbonyl (C=O) groups is 1. The first-order valence-electron chi connectivity index (χ1n) is 10.6. The number of sulfone groups is 1. The number of aliphatic carboxylic acids is 1. The SMILES string of the molecule is CS(=O)(=O)c1ccc(C=N[C@@H](Cc2ccc3nc(-c4c(F)cccc4Cl)ccc3c2)C(=O)O)c(Cl)c1. The molecule has 1 aromatic heterocycles. The zero-order valence-corrected chi connectivity index (χ0v) is 21.1. The summed E-state index contributed by atoms with van der Waals surface area (Å²) in [7, 11) is -3.42. The van der Waals surface area contributed by atoms with Gasteiger partial charge in [-0.15, -0.1) is 0 Å². The summed E-state index contributed by atoms with van der Waals surface area (Å²) in [6, 6.07) is 16.2. The molecule has 0 radical (unpaired) electrons. The third-order valence-electron chi connectivity index (χ3n) is 5.48. The largest absolute Gasteiger partial charge is 0.480 e. The fraction of sp³-hybridized carbons (Fsp3) is 0.115. The molecule has 0 bridgehead atoms. The summed E-state index contributed by atoms with van der Waals surface area (Å²) in [5.41, 5.74) is 2.32. The van der Waals surface area contributed by atoms with Crippen molar-refractivity contribution < 1.29 is 22.7 Å². The van der Waals surface area contributed by atoms with E-state index in [9.17, 15) is 22.7 Å². The van der Waals surface area contributed by atoms with Crippen LogP contribution in [0.2, 0.25) is 10.0 Å². The Morgan fingerprint density at radius 3 is 2.53 bits per heavy atom. The molecule has 0 saturated heterocycles. The lowest BCUT2D eigenvalue weighted by atomic mass is 10.0. The van der Waals surface area contributed by atoms with Crippen LogP contribution in [-0.2, 0) is 21.1 Å². The normalized spacial score (nSPS) is 12.8. The van der Waals surface area contributed by atoms with Gasteiger partial charge >= 0.3 is 5.97 Å². The Bertz CT molecular complexity index is 1600. The van der Waals surface area contributed by atoms with Crippen LogP contribution in [0.15, 0.2) is 76.6 Å². The van der Waals surface area contributed by atoms with Crippen LogP contribution in [0.5, 0.6) is 0 Å². The predicted octanol–water partition coefficient (Wildman–Crippen LogP) is 5.87. The number of carboxylic acid groups (broad SMARTS) is 1. The first-order chi connectivity index (χ1) is 17.0. The minimum Gasteiger partial charge on any atom is -0.480 e. The Labute approximate surface area is 217 Å². The number of hydrogen-bond acceptors (Lipinski definition) is 5. The maximum absolute atomic E-state index is 14.3. The average Bonchev–Trinajstić information content (AvgIpc) is 2.81. The predicted molar refractivity (Wildman–Crippen MR) is 139 cm³/mol. The van der Waals surface area contributed by atoms with Crippen molar-refractivity contribution in [2.24, 2.45) is 4.99 Å². The number of nitrogens with zero attached hydrogens (tertiary/aromatic N) is 2. The molecule has 0 aliphatic heterocycles. The highest BCUT2D eigenvalue weighted by atomic mass is 35.5. The molecule has 4 rings (SSSR count). The van der Waals surface area contributed by atoms with Gasteiger partial charge in [0, 0.05) is 29.8 Å². The monoisotopic (exact) mass is 544 g/mol. The standard InChI is InChI=1S/C26H19Cl2FN2O4S/c1-36(34,35)18-8-6-17(20(28)13-18)14-30-24(26(32)33)12-15-5-9-22-16(11-15)7-10-23(31-22)25-19(27)3-2-4-21(25)29/h2-11,13-14,24H,12H2,1H3,(H,32,33)/t24-/m0/s1. The Balaban J connectivity index is 1.58. The van der Waals surface area contributed by atoms with E-state index in [1.807, 2.05) is 0 Å². The number of aliphatic imine (C=N–C) groups is 1.